The Labute approximate surface area is 307 Å². The summed E-state index contributed by atoms with van der Waals surface area (Å²) in [5.41, 5.74) is 0.714. The summed E-state index contributed by atoms with van der Waals surface area (Å²) >= 11 is 0. The van der Waals surface area contributed by atoms with E-state index >= 15 is 0 Å². The van der Waals surface area contributed by atoms with Crippen LogP contribution in [0.3, 0.4) is 0 Å². The van der Waals surface area contributed by atoms with Crippen LogP contribution in [0.25, 0.3) is 0 Å². The Kier molecular flexibility index (Phi) is 18.2. The highest BCUT2D eigenvalue weighted by Gasteiger charge is 2.43. The number of likely N-dealkylation sites (N-methyl/N-ethyl adjacent to an activating group) is 2. The Bertz CT molecular complexity index is 1240. The van der Waals surface area contributed by atoms with Crippen molar-refractivity contribution >= 4 is 23.5 Å². The largest absolute Gasteiger partial charge is 0.386 e. The molecule has 11 nitrogen and oxygen atoms in total. The summed E-state index contributed by atoms with van der Waals surface area (Å²) in [6.07, 6.45) is 0.381. The van der Waals surface area contributed by atoms with Gasteiger partial charge in [0.2, 0.25) is 17.7 Å². The third-order valence-corrected chi connectivity index (χ3v) is 11.1. The van der Waals surface area contributed by atoms with Gasteiger partial charge in [0.25, 0.3) is 0 Å². The number of benzene rings is 1. The summed E-state index contributed by atoms with van der Waals surface area (Å²) in [7, 11) is 6.68. The standard InChI is InChI=1S/C40H68N4O7/c1-13-26(6)36(43(10)40(49)30(24(2)3)22-32(45)35(41-9)25(4)5)33(50-11)23-34(46)44-21-17-20-31(44)38(51-12)27(7)39(48)42-28(8)37(47)29-18-15-14-16-19-29/h14-16,18-19,24-28,30-31,33,35-38,41,47H,13,17,20-23H2,1-12H3,(H,42,48)/t26-,27+,28+,30?,31?,33+,35-,36-,37+,38+/m0/s1. The van der Waals surface area contributed by atoms with Gasteiger partial charge in [0, 0.05) is 40.2 Å². The Morgan fingerprint density at radius 2 is 1.59 bits per heavy atom. The summed E-state index contributed by atoms with van der Waals surface area (Å²) in [6, 6.07) is 7.61. The molecule has 3 N–H and O–H groups in total. The number of likely N-dealkylation sites (tertiary alicyclic amines) is 1. The molecule has 10 atom stereocenters. The third kappa shape index (κ3) is 11.6. The molecule has 290 valence electrons. The van der Waals surface area contributed by atoms with Crippen molar-refractivity contribution in [1.82, 2.24) is 20.4 Å². The molecule has 1 heterocycles. The van der Waals surface area contributed by atoms with E-state index in [2.05, 4.69) is 24.5 Å². The van der Waals surface area contributed by atoms with Crippen LogP contribution in [0.2, 0.25) is 0 Å². The number of aliphatic hydroxyl groups is 1. The van der Waals surface area contributed by atoms with Crippen molar-refractivity contribution in [2.45, 2.75) is 130 Å². The second-order valence-electron chi connectivity index (χ2n) is 15.3. The molecule has 1 aliphatic rings. The molecule has 1 aromatic carbocycles. The van der Waals surface area contributed by atoms with E-state index < -0.39 is 42.2 Å². The number of nitrogens with one attached hydrogen (secondary N) is 2. The van der Waals surface area contributed by atoms with Gasteiger partial charge in [0.1, 0.15) is 0 Å². The Morgan fingerprint density at radius 3 is 2.10 bits per heavy atom. The average molecular weight is 717 g/mol. The number of aliphatic hydroxyl groups excluding tert-OH is 1. The van der Waals surface area contributed by atoms with E-state index in [-0.39, 0.29) is 66.2 Å². The zero-order chi connectivity index (χ0) is 38.6. The maximum atomic E-state index is 14.2. The number of rotatable bonds is 21. The molecule has 0 radical (unpaired) electrons. The van der Waals surface area contributed by atoms with Gasteiger partial charge in [-0.25, -0.2) is 0 Å². The van der Waals surface area contributed by atoms with Crippen molar-refractivity contribution in [3.63, 3.8) is 0 Å². The van der Waals surface area contributed by atoms with Crippen molar-refractivity contribution in [1.29, 1.82) is 0 Å². The lowest BCUT2D eigenvalue weighted by Gasteiger charge is -2.41. The predicted molar refractivity (Wildman–Crippen MR) is 201 cm³/mol. The number of hydrogen-bond acceptors (Lipinski definition) is 8. The van der Waals surface area contributed by atoms with Gasteiger partial charge in [-0.2, -0.15) is 0 Å². The molecule has 0 aromatic heterocycles. The highest BCUT2D eigenvalue weighted by atomic mass is 16.5. The SMILES string of the molecule is CC[C@H](C)[C@@H]([C@@H](CC(=O)N1CCCC1[C@H](OC)[C@@H](C)C(=O)N[C@H](C)[C@@H](O)c1ccccc1)OC)N(C)C(=O)C(CC(=O)[C@@H](NC)C(C)C)C(C)C. The first-order valence-electron chi connectivity index (χ1n) is 18.9. The van der Waals surface area contributed by atoms with Crippen LogP contribution < -0.4 is 10.6 Å². The molecule has 2 rings (SSSR count). The van der Waals surface area contributed by atoms with Crippen molar-refractivity contribution in [2.24, 2.45) is 29.6 Å². The monoisotopic (exact) mass is 717 g/mol. The van der Waals surface area contributed by atoms with Gasteiger partial charge in [-0.05, 0) is 50.1 Å². The maximum Gasteiger partial charge on any atom is 0.226 e. The highest BCUT2D eigenvalue weighted by molar-refractivity contribution is 5.90. The summed E-state index contributed by atoms with van der Waals surface area (Å²) in [5, 5.41) is 16.9. The van der Waals surface area contributed by atoms with Gasteiger partial charge in [-0.15, -0.1) is 0 Å². The van der Waals surface area contributed by atoms with Crippen molar-refractivity contribution < 1.29 is 33.8 Å². The van der Waals surface area contributed by atoms with Gasteiger partial charge in [-0.3, -0.25) is 19.2 Å². The van der Waals surface area contributed by atoms with Gasteiger partial charge in [0.15, 0.2) is 5.78 Å². The normalized spacial score (nSPS) is 20.2. The van der Waals surface area contributed by atoms with Crippen LogP contribution in [0, 0.1) is 29.6 Å². The molecule has 0 saturated carbocycles. The fourth-order valence-corrected chi connectivity index (χ4v) is 7.76. The number of Topliss-reactive ketones (excluding diaryl/α,β-unsaturated/α-hetero) is 1. The lowest BCUT2D eigenvalue weighted by Crippen LogP contribution is -2.54. The molecule has 3 amide bonds. The molecule has 1 fully saturated rings. The van der Waals surface area contributed by atoms with Crippen LogP contribution >= 0.6 is 0 Å². The molecule has 1 aromatic rings. The molecule has 1 aliphatic heterocycles. The molecular weight excluding hydrogens is 648 g/mol. The van der Waals surface area contributed by atoms with E-state index in [1.165, 1.54) is 0 Å². The average Bonchev–Trinajstić information content (AvgIpc) is 3.59. The fourth-order valence-electron chi connectivity index (χ4n) is 7.76. The number of amides is 3. The number of carbonyl (C=O) groups is 4. The lowest BCUT2D eigenvalue weighted by atomic mass is 9.84. The Hall–Kier alpha value is -2.86. The number of carbonyl (C=O) groups excluding carboxylic acids is 4. The molecular formula is C40H68N4O7. The minimum absolute atomic E-state index is 0.0129. The molecule has 0 bridgehead atoms. The summed E-state index contributed by atoms with van der Waals surface area (Å²) in [5.74, 6) is -1.54. The summed E-state index contributed by atoms with van der Waals surface area (Å²) in [4.78, 5) is 58.6. The number of methoxy groups -OCH3 is 2. The molecule has 0 spiro atoms. The molecule has 11 heteroatoms. The van der Waals surface area contributed by atoms with Gasteiger partial charge in [0.05, 0.1) is 54.8 Å². The fraction of sp³-hybridized carbons (Fsp3) is 0.750. The van der Waals surface area contributed by atoms with E-state index in [9.17, 15) is 24.3 Å². The quantitative estimate of drug-likeness (QED) is 0.168. The second-order valence-corrected chi connectivity index (χ2v) is 15.3. The molecule has 2 unspecified atom stereocenters. The molecule has 0 aliphatic carbocycles. The van der Waals surface area contributed by atoms with E-state index in [0.29, 0.717) is 18.5 Å². The maximum absolute atomic E-state index is 14.2. The molecule has 1 saturated heterocycles. The first kappa shape index (κ1) is 44.3. The summed E-state index contributed by atoms with van der Waals surface area (Å²) < 4.78 is 11.9. The van der Waals surface area contributed by atoms with E-state index in [4.69, 9.17) is 9.47 Å². The van der Waals surface area contributed by atoms with Crippen LogP contribution in [0.1, 0.15) is 99.2 Å². The van der Waals surface area contributed by atoms with Crippen LogP contribution in [-0.2, 0) is 28.7 Å². The Morgan fingerprint density at radius 1 is 0.961 bits per heavy atom. The Balaban J connectivity index is 2.24. The minimum Gasteiger partial charge on any atom is -0.386 e. The number of hydrogen-bond donors (Lipinski definition) is 3. The van der Waals surface area contributed by atoms with Gasteiger partial charge in [-0.1, -0.05) is 85.2 Å². The van der Waals surface area contributed by atoms with Crippen LogP contribution in [0.4, 0.5) is 0 Å². The topological polar surface area (TPSA) is 138 Å². The smallest absolute Gasteiger partial charge is 0.226 e. The van der Waals surface area contributed by atoms with Crippen molar-refractivity contribution in [3.8, 4) is 0 Å². The second kappa shape index (κ2) is 21.0. The first-order valence-corrected chi connectivity index (χ1v) is 18.9. The highest BCUT2D eigenvalue weighted by Crippen LogP contribution is 2.31. The molecule has 51 heavy (non-hydrogen) atoms. The van der Waals surface area contributed by atoms with Gasteiger partial charge < -0.3 is 35.0 Å². The zero-order valence-corrected chi connectivity index (χ0v) is 33.3. The zero-order valence-electron chi connectivity index (χ0n) is 33.3. The minimum atomic E-state index is -0.871. The van der Waals surface area contributed by atoms with Gasteiger partial charge >= 0.3 is 0 Å². The van der Waals surface area contributed by atoms with E-state index in [1.807, 2.05) is 58.0 Å². The van der Waals surface area contributed by atoms with Crippen LogP contribution in [0.5, 0.6) is 0 Å². The number of ether oxygens (including phenoxy) is 2. The third-order valence-electron chi connectivity index (χ3n) is 11.1. The summed E-state index contributed by atoms with van der Waals surface area (Å²) in [6.45, 7) is 16.1. The van der Waals surface area contributed by atoms with E-state index in [0.717, 1.165) is 12.8 Å². The van der Waals surface area contributed by atoms with Crippen molar-refractivity contribution in [3.05, 3.63) is 35.9 Å². The van der Waals surface area contributed by atoms with Crippen LogP contribution in [-0.4, -0.2) is 110 Å². The predicted octanol–water partition coefficient (Wildman–Crippen LogP) is 4.62. The lowest BCUT2D eigenvalue weighted by molar-refractivity contribution is -0.149. The number of ketones is 1. The number of nitrogens with zero attached hydrogens (tertiary/aromatic N) is 2. The van der Waals surface area contributed by atoms with E-state index in [1.54, 1.807) is 52.0 Å². The van der Waals surface area contributed by atoms with Crippen LogP contribution in [0.15, 0.2) is 30.3 Å². The van der Waals surface area contributed by atoms with Crippen molar-refractivity contribution in [2.75, 3.05) is 34.9 Å². The first-order chi connectivity index (χ1) is 24.0.